The fraction of sp³-hybridized carbons (Fsp3) is 0.368. The van der Waals surface area contributed by atoms with Crippen molar-refractivity contribution in [2.75, 3.05) is 19.9 Å². The third kappa shape index (κ3) is 6.25. The molecular weight excluding hydrogens is 366 g/mol. The molecule has 1 amide bonds. The number of thioether (sulfide) groups is 1. The van der Waals surface area contributed by atoms with Crippen LogP contribution in [0.4, 0.5) is 0 Å². The first-order valence-electron chi connectivity index (χ1n) is 8.38. The van der Waals surface area contributed by atoms with Gasteiger partial charge >= 0.3 is 5.97 Å². The molecule has 1 aromatic heterocycles. The van der Waals surface area contributed by atoms with Gasteiger partial charge in [-0.3, -0.25) is 14.4 Å². The van der Waals surface area contributed by atoms with Crippen molar-refractivity contribution in [3.63, 3.8) is 0 Å². The van der Waals surface area contributed by atoms with Gasteiger partial charge in [0.05, 0.1) is 25.0 Å². The van der Waals surface area contributed by atoms with Gasteiger partial charge in [-0.1, -0.05) is 35.5 Å². The Morgan fingerprint density at radius 3 is 2.67 bits per heavy atom. The second-order valence-corrected chi connectivity index (χ2v) is 7.23. The van der Waals surface area contributed by atoms with Crippen molar-refractivity contribution in [3.8, 4) is 0 Å². The third-order valence-electron chi connectivity index (χ3n) is 3.99. The van der Waals surface area contributed by atoms with E-state index in [2.05, 4.69) is 20.8 Å². The Balaban J connectivity index is 1.98. The second kappa shape index (κ2) is 9.36. The molecule has 0 spiro atoms. The van der Waals surface area contributed by atoms with Crippen LogP contribution in [0.5, 0.6) is 0 Å². The minimum atomic E-state index is -0.478. The van der Waals surface area contributed by atoms with E-state index in [1.54, 1.807) is 11.9 Å². The van der Waals surface area contributed by atoms with Gasteiger partial charge in [0.1, 0.15) is 0 Å². The Morgan fingerprint density at radius 2 is 2.00 bits per heavy atom. The number of aromatic amines is 1. The summed E-state index contributed by atoms with van der Waals surface area (Å²) in [5, 5.41) is 0.301. The SMILES string of the molecule is COC(=O)Cc1cc(=O)[nH]c(SCC(=O)N(C)Cc2ccc(C)cc2C)n1. The number of methoxy groups -OCH3 is 1. The summed E-state index contributed by atoms with van der Waals surface area (Å²) in [4.78, 5) is 43.9. The molecule has 1 heterocycles. The van der Waals surface area contributed by atoms with Crippen LogP contribution in [0.1, 0.15) is 22.4 Å². The third-order valence-corrected chi connectivity index (χ3v) is 4.85. The maximum atomic E-state index is 12.4. The van der Waals surface area contributed by atoms with Crippen LogP contribution < -0.4 is 5.56 Å². The zero-order valence-electron chi connectivity index (χ0n) is 15.9. The van der Waals surface area contributed by atoms with E-state index in [4.69, 9.17) is 0 Å². The second-order valence-electron chi connectivity index (χ2n) is 6.26. The Labute approximate surface area is 162 Å². The highest BCUT2D eigenvalue weighted by Crippen LogP contribution is 2.15. The molecule has 27 heavy (non-hydrogen) atoms. The summed E-state index contributed by atoms with van der Waals surface area (Å²) in [5.41, 5.74) is 3.35. The number of aryl methyl sites for hydroxylation is 2. The topological polar surface area (TPSA) is 92.4 Å². The highest BCUT2D eigenvalue weighted by Gasteiger charge is 2.13. The zero-order valence-corrected chi connectivity index (χ0v) is 16.7. The molecule has 7 nitrogen and oxygen atoms in total. The molecule has 0 aliphatic carbocycles. The van der Waals surface area contributed by atoms with E-state index < -0.39 is 5.97 Å². The molecule has 0 aliphatic heterocycles. The molecule has 0 aliphatic rings. The minimum Gasteiger partial charge on any atom is -0.469 e. The molecule has 1 aromatic carbocycles. The van der Waals surface area contributed by atoms with Crippen molar-refractivity contribution in [2.24, 2.45) is 0 Å². The lowest BCUT2D eigenvalue weighted by atomic mass is 10.1. The molecule has 144 valence electrons. The number of aromatic nitrogens is 2. The van der Waals surface area contributed by atoms with Gasteiger partial charge in [0.2, 0.25) is 5.91 Å². The molecule has 0 bridgehead atoms. The number of hydrogen-bond acceptors (Lipinski definition) is 6. The molecule has 0 saturated heterocycles. The monoisotopic (exact) mass is 389 g/mol. The van der Waals surface area contributed by atoms with Gasteiger partial charge in [0.15, 0.2) is 5.16 Å². The number of carbonyl (C=O) groups excluding carboxylic acids is 2. The highest BCUT2D eigenvalue weighted by atomic mass is 32.2. The molecule has 0 radical (unpaired) electrons. The number of H-pyrrole nitrogens is 1. The maximum Gasteiger partial charge on any atom is 0.311 e. The van der Waals surface area contributed by atoms with Gasteiger partial charge in [0.25, 0.3) is 5.56 Å². The van der Waals surface area contributed by atoms with Crippen LogP contribution in [0.25, 0.3) is 0 Å². The number of esters is 1. The van der Waals surface area contributed by atoms with Crippen LogP contribution in [-0.2, 0) is 27.3 Å². The molecule has 8 heteroatoms. The number of nitrogens with zero attached hydrogens (tertiary/aromatic N) is 2. The smallest absolute Gasteiger partial charge is 0.311 e. The Kier molecular flexibility index (Phi) is 7.18. The van der Waals surface area contributed by atoms with Crippen LogP contribution in [0.3, 0.4) is 0 Å². The number of carbonyl (C=O) groups is 2. The van der Waals surface area contributed by atoms with E-state index in [9.17, 15) is 14.4 Å². The van der Waals surface area contributed by atoms with Gasteiger partial charge < -0.3 is 14.6 Å². The molecule has 2 rings (SSSR count). The first kappa shape index (κ1) is 20.7. The average Bonchev–Trinajstić information content (AvgIpc) is 2.61. The van der Waals surface area contributed by atoms with Crippen LogP contribution in [0.2, 0.25) is 0 Å². The van der Waals surface area contributed by atoms with E-state index >= 15 is 0 Å². The summed E-state index contributed by atoms with van der Waals surface area (Å²) in [5.74, 6) is -0.430. The number of ether oxygens (including phenoxy) is 1. The lowest BCUT2D eigenvalue weighted by Crippen LogP contribution is -2.28. The van der Waals surface area contributed by atoms with Crippen molar-refractivity contribution in [1.29, 1.82) is 0 Å². The number of benzene rings is 1. The van der Waals surface area contributed by atoms with E-state index in [-0.39, 0.29) is 23.6 Å². The van der Waals surface area contributed by atoms with Crippen LogP contribution >= 0.6 is 11.8 Å². The van der Waals surface area contributed by atoms with Gasteiger partial charge in [-0.15, -0.1) is 0 Å². The number of hydrogen-bond donors (Lipinski definition) is 1. The van der Waals surface area contributed by atoms with Crippen LogP contribution in [0.15, 0.2) is 34.2 Å². The van der Waals surface area contributed by atoms with Crippen LogP contribution in [-0.4, -0.2) is 46.7 Å². The summed E-state index contributed by atoms with van der Waals surface area (Å²) in [6, 6.07) is 7.38. The molecule has 0 unspecified atom stereocenters. The first-order chi connectivity index (χ1) is 12.8. The predicted octanol–water partition coefficient (Wildman–Crippen LogP) is 1.85. The van der Waals surface area contributed by atoms with E-state index in [0.717, 1.165) is 22.9 Å². The zero-order chi connectivity index (χ0) is 20.0. The standard InChI is InChI=1S/C19H23N3O4S/c1-12-5-6-14(13(2)7-12)10-22(3)17(24)11-27-19-20-15(8-16(23)21-19)9-18(25)26-4/h5-8H,9-11H2,1-4H3,(H,20,21,23). The van der Waals surface area contributed by atoms with Gasteiger partial charge in [0, 0.05) is 19.7 Å². The molecule has 0 saturated carbocycles. The quantitative estimate of drug-likeness (QED) is 0.441. The molecule has 0 atom stereocenters. The number of amides is 1. The molecule has 1 N–H and O–H groups in total. The van der Waals surface area contributed by atoms with Crippen molar-refractivity contribution < 1.29 is 14.3 Å². The maximum absolute atomic E-state index is 12.4. The van der Waals surface area contributed by atoms with Gasteiger partial charge in [-0.2, -0.15) is 0 Å². The number of nitrogens with one attached hydrogen (secondary N) is 1. The van der Waals surface area contributed by atoms with Crippen molar-refractivity contribution in [3.05, 3.63) is 57.0 Å². The molecular formula is C19H23N3O4S. The van der Waals surface area contributed by atoms with Crippen LogP contribution in [0, 0.1) is 13.8 Å². The van der Waals surface area contributed by atoms with E-state index in [0.29, 0.717) is 17.4 Å². The summed E-state index contributed by atoms with van der Waals surface area (Å²) in [7, 11) is 3.02. The Bertz CT molecular complexity index is 895. The van der Waals surface area contributed by atoms with E-state index in [1.807, 2.05) is 26.0 Å². The lowest BCUT2D eigenvalue weighted by Gasteiger charge is -2.18. The summed E-state index contributed by atoms with van der Waals surface area (Å²) in [6.07, 6.45) is -0.0888. The Morgan fingerprint density at radius 1 is 1.26 bits per heavy atom. The largest absolute Gasteiger partial charge is 0.469 e. The van der Waals surface area contributed by atoms with Crippen molar-refractivity contribution in [2.45, 2.75) is 32.0 Å². The first-order valence-corrected chi connectivity index (χ1v) is 9.37. The summed E-state index contributed by atoms with van der Waals surface area (Å²) < 4.78 is 4.58. The fourth-order valence-electron chi connectivity index (χ4n) is 2.47. The minimum absolute atomic E-state index is 0.0824. The van der Waals surface area contributed by atoms with Gasteiger partial charge in [-0.05, 0) is 25.0 Å². The summed E-state index contributed by atoms with van der Waals surface area (Å²) in [6.45, 7) is 4.57. The molecule has 2 aromatic rings. The highest BCUT2D eigenvalue weighted by molar-refractivity contribution is 7.99. The van der Waals surface area contributed by atoms with E-state index in [1.165, 1.54) is 18.7 Å². The summed E-state index contributed by atoms with van der Waals surface area (Å²) >= 11 is 1.13. The van der Waals surface area contributed by atoms with Gasteiger partial charge in [-0.25, -0.2) is 4.98 Å². The lowest BCUT2D eigenvalue weighted by molar-refractivity contribution is -0.139. The predicted molar refractivity (Wildman–Crippen MR) is 104 cm³/mol. The number of rotatable bonds is 7. The fourth-order valence-corrected chi connectivity index (χ4v) is 3.30. The van der Waals surface area contributed by atoms with Crippen molar-refractivity contribution >= 4 is 23.6 Å². The normalized spacial score (nSPS) is 10.5. The molecule has 0 fully saturated rings. The Hall–Kier alpha value is -2.61. The van der Waals surface area contributed by atoms with Crippen molar-refractivity contribution in [1.82, 2.24) is 14.9 Å². The average molecular weight is 389 g/mol.